The third-order valence-electron chi connectivity index (χ3n) is 2.79. The Bertz CT molecular complexity index is 394. The number of carbonyl (C=O) groups excluding carboxylic acids is 1. The Morgan fingerprint density at radius 1 is 1.42 bits per heavy atom. The summed E-state index contributed by atoms with van der Waals surface area (Å²) in [4.78, 5) is 11.8. The van der Waals surface area contributed by atoms with Gasteiger partial charge in [-0.2, -0.15) is 0 Å². The molecule has 0 aliphatic rings. The fourth-order valence-electron chi connectivity index (χ4n) is 1.25. The predicted molar refractivity (Wildman–Crippen MR) is 74.9 cm³/mol. The molecule has 0 fully saturated rings. The molecule has 1 aromatic rings. The lowest BCUT2D eigenvalue weighted by molar-refractivity contribution is -0.119. The maximum absolute atomic E-state index is 11.8. The Hall–Kier alpha value is -1.15. The number of nitrogens with one attached hydrogen (secondary N) is 2. The van der Waals surface area contributed by atoms with Crippen molar-refractivity contribution in [1.29, 1.82) is 0 Å². The average molecular weight is 286 g/mol. The second-order valence-corrected chi connectivity index (χ2v) is 5.62. The van der Waals surface area contributed by atoms with Gasteiger partial charge in [-0.1, -0.05) is 25.6 Å². The van der Waals surface area contributed by atoms with E-state index in [1.807, 2.05) is 14.0 Å². The van der Waals surface area contributed by atoms with E-state index in [1.54, 1.807) is 4.68 Å². The van der Waals surface area contributed by atoms with Crippen LogP contribution in [0.4, 0.5) is 0 Å². The summed E-state index contributed by atoms with van der Waals surface area (Å²) in [5, 5.41) is 18.1. The van der Waals surface area contributed by atoms with E-state index in [2.05, 4.69) is 40.0 Å². The van der Waals surface area contributed by atoms with E-state index in [-0.39, 0.29) is 11.9 Å². The topological polar surface area (TPSA) is 84.7 Å². The van der Waals surface area contributed by atoms with Crippen molar-refractivity contribution in [3.63, 3.8) is 0 Å². The number of aromatic nitrogens is 4. The molecule has 0 saturated carbocycles. The van der Waals surface area contributed by atoms with Gasteiger partial charge in [0.25, 0.3) is 0 Å². The van der Waals surface area contributed by atoms with Crippen LogP contribution in [0.5, 0.6) is 0 Å². The first kappa shape index (κ1) is 15.9. The Kier molecular flexibility index (Phi) is 6.79. The van der Waals surface area contributed by atoms with Crippen molar-refractivity contribution in [3.05, 3.63) is 0 Å². The number of likely N-dealkylation sites (N-methyl/N-ethyl adjacent to an activating group) is 1. The summed E-state index contributed by atoms with van der Waals surface area (Å²) >= 11 is 1.35. The maximum Gasteiger partial charge on any atom is 0.230 e. The lowest BCUT2D eigenvalue weighted by Gasteiger charge is -2.16. The third-order valence-corrected chi connectivity index (χ3v) is 3.75. The van der Waals surface area contributed by atoms with Crippen LogP contribution in [0.3, 0.4) is 0 Å². The Morgan fingerprint density at radius 2 is 2.16 bits per heavy atom. The molecular formula is C11H22N6OS. The second kappa shape index (κ2) is 8.11. The van der Waals surface area contributed by atoms with Gasteiger partial charge in [0.05, 0.1) is 12.3 Å². The quantitative estimate of drug-likeness (QED) is 0.662. The van der Waals surface area contributed by atoms with Gasteiger partial charge in [0.15, 0.2) is 0 Å². The highest BCUT2D eigenvalue weighted by Crippen LogP contribution is 2.13. The van der Waals surface area contributed by atoms with Gasteiger partial charge in [-0.25, -0.2) is 4.68 Å². The largest absolute Gasteiger partial charge is 0.353 e. The van der Waals surface area contributed by atoms with Gasteiger partial charge in [-0.15, -0.1) is 5.10 Å². The second-order valence-electron chi connectivity index (χ2n) is 4.68. The van der Waals surface area contributed by atoms with Crippen molar-refractivity contribution in [2.24, 2.45) is 5.92 Å². The third kappa shape index (κ3) is 5.56. The Balaban J connectivity index is 2.39. The van der Waals surface area contributed by atoms with Crippen molar-refractivity contribution in [3.8, 4) is 0 Å². The van der Waals surface area contributed by atoms with Crippen LogP contribution in [-0.4, -0.2) is 51.5 Å². The van der Waals surface area contributed by atoms with Gasteiger partial charge in [-0.3, -0.25) is 4.79 Å². The zero-order chi connectivity index (χ0) is 14.3. The van der Waals surface area contributed by atoms with Crippen LogP contribution in [0.1, 0.15) is 20.8 Å². The molecule has 1 rings (SSSR count). The Morgan fingerprint density at radius 3 is 2.79 bits per heavy atom. The summed E-state index contributed by atoms with van der Waals surface area (Å²) in [6.45, 7) is 7.64. The number of carbonyl (C=O) groups is 1. The lowest BCUT2D eigenvalue weighted by atomic mass is 10.1. The summed E-state index contributed by atoms with van der Waals surface area (Å²) in [5.74, 6) is 0.765. The molecule has 1 heterocycles. The zero-order valence-corrected chi connectivity index (χ0v) is 12.7. The summed E-state index contributed by atoms with van der Waals surface area (Å²) in [6, 6.07) is 0.174. The van der Waals surface area contributed by atoms with Crippen LogP contribution in [0, 0.1) is 5.92 Å². The molecule has 2 N–H and O–H groups in total. The van der Waals surface area contributed by atoms with Crippen molar-refractivity contribution < 1.29 is 4.79 Å². The van der Waals surface area contributed by atoms with Crippen LogP contribution >= 0.6 is 11.8 Å². The highest BCUT2D eigenvalue weighted by Gasteiger charge is 2.13. The van der Waals surface area contributed by atoms with Gasteiger partial charge in [0.2, 0.25) is 11.1 Å². The molecule has 108 valence electrons. The summed E-state index contributed by atoms with van der Waals surface area (Å²) in [5.41, 5.74) is 0. The van der Waals surface area contributed by atoms with Gasteiger partial charge >= 0.3 is 0 Å². The molecule has 0 saturated heterocycles. The van der Waals surface area contributed by atoms with Crippen LogP contribution in [0.2, 0.25) is 0 Å². The van der Waals surface area contributed by atoms with Gasteiger partial charge in [0.1, 0.15) is 0 Å². The van der Waals surface area contributed by atoms with Crippen molar-refractivity contribution in [1.82, 2.24) is 30.8 Å². The average Bonchev–Trinajstić information content (AvgIpc) is 2.81. The SMILES string of the molecule is CNCCn1nnnc1SCC(=O)NC(C)C(C)C. The molecule has 19 heavy (non-hydrogen) atoms. The molecule has 1 aromatic heterocycles. The minimum atomic E-state index is 0.00867. The standard InChI is InChI=1S/C11H22N6OS/c1-8(2)9(3)13-10(18)7-19-11-14-15-16-17(11)6-5-12-4/h8-9,12H,5-7H2,1-4H3,(H,13,18). The van der Waals surface area contributed by atoms with Crippen LogP contribution in [-0.2, 0) is 11.3 Å². The summed E-state index contributed by atoms with van der Waals surface area (Å²) in [7, 11) is 1.87. The first-order valence-corrected chi connectivity index (χ1v) is 7.36. The molecule has 0 aliphatic carbocycles. The Labute approximate surface area is 117 Å². The van der Waals surface area contributed by atoms with E-state index in [1.165, 1.54) is 11.8 Å². The van der Waals surface area contributed by atoms with Crippen LogP contribution in [0.25, 0.3) is 0 Å². The van der Waals surface area contributed by atoms with Crippen molar-refractivity contribution in [2.75, 3.05) is 19.3 Å². The van der Waals surface area contributed by atoms with Gasteiger partial charge in [-0.05, 0) is 30.3 Å². The molecule has 1 unspecified atom stereocenters. The van der Waals surface area contributed by atoms with Crippen LogP contribution in [0.15, 0.2) is 5.16 Å². The number of hydrogen-bond donors (Lipinski definition) is 2. The maximum atomic E-state index is 11.8. The number of tetrazole rings is 1. The highest BCUT2D eigenvalue weighted by atomic mass is 32.2. The molecular weight excluding hydrogens is 264 g/mol. The lowest BCUT2D eigenvalue weighted by Crippen LogP contribution is -2.37. The van der Waals surface area contributed by atoms with Gasteiger partial charge < -0.3 is 10.6 Å². The predicted octanol–water partition coefficient (Wildman–Crippen LogP) is 0.145. The van der Waals surface area contributed by atoms with E-state index in [4.69, 9.17) is 0 Å². The molecule has 1 atom stereocenters. The fourth-order valence-corrected chi connectivity index (χ4v) is 1.96. The monoisotopic (exact) mass is 286 g/mol. The minimum absolute atomic E-state index is 0.00867. The first-order chi connectivity index (χ1) is 9.04. The first-order valence-electron chi connectivity index (χ1n) is 6.37. The van der Waals surface area contributed by atoms with Gasteiger partial charge in [0, 0.05) is 12.6 Å². The number of rotatable bonds is 8. The van der Waals surface area contributed by atoms with Crippen LogP contribution < -0.4 is 10.6 Å². The molecule has 0 bridgehead atoms. The van der Waals surface area contributed by atoms with E-state index in [0.717, 1.165) is 6.54 Å². The molecule has 8 heteroatoms. The molecule has 0 radical (unpaired) electrons. The molecule has 0 spiro atoms. The van der Waals surface area contributed by atoms with E-state index >= 15 is 0 Å². The van der Waals surface area contributed by atoms with E-state index in [0.29, 0.717) is 23.4 Å². The molecule has 0 aliphatic heterocycles. The number of thioether (sulfide) groups is 1. The van der Waals surface area contributed by atoms with E-state index < -0.39 is 0 Å². The fraction of sp³-hybridized carbons (Fsp3) is 0.818. The molecule has 7 nitrogen and oxygen atoms in total. The van der Waals surface area contributed by atoms with Crippen molar-refractivity contribution >= 4 is 17.7 Å². The number of amides is 1. The highest BCUT2D eigenvalue weighted by molar-refractivity contribution is 7.99. The zero-order valence-electron chi connectivity index (χ0n) is 11.9. The molecule has 0 aromatic carbocycles. The number of nitrogens with zero attached hydrogens (tertiary/aromatic N) is 4. The smallest absolute Gasteiger partial charge is 0.230 e. The molecule has 1 amide bonds. The normalized spacial score (nSPS) is 12.7. The number of hydrogen-bond acceptors (Lipinski definition) is 6. The summed E-state index contributed by atoms with van der Waals surface area (Å²) in [6.07, 6.45) is 0. The summed E-state index contributed by atoms with van der Waals surface area (Å²) < 4.78 is 1.69. The van der Waals surface area contributed by atoms with Crippen molar-refractivity contribution in [2.45, 2.75) is 38.5 Å². The minimum Gasteiger partial charge on any atom is -0.353 e. The van der Waals surface area contributed by atoms with E-state index in [9.17, 15) is 4.79 Å².